The molecule has 1 heterocycles. The fraction of sp³-hybridized carbons (Fsp3) is 0. The lowest BCUT2D eigenvalue weighted by Crippen LogP contribution is -2.45. The van der Waals surface area contributed by atoms with Crippen LogP contribution in [0.5, 0.6) is 0 Å². The number of urea groups is 1. The van der Waals surface area contributed by atoms with E-state index in [1.54, 1.807) is 18.2 Å². The third-order valence-electron chi connectivity index (χ3n) is 3.37. The van der Waals surface area contributed by atoms with Crippen molar-refractivity contribution in [3.8, 4) is 6.07 Å². The molecule has 28 heavy (non-hydrogen) atoms. The van der Waals surface area contributed by atoms with Gasteiger partial charge in [0.15, 0.2) is 10.1 Å². The van der Waals surface area contributed by atoms with Gasteiger partial charge in [0.05, 0.1) is 15.1 Å². The van der Waals surface area contributed by atoms with Gasteiger partial charge in [-0.3, -0.25) is 15.5 Å². The minimum Gasteiger partial charge on any atom is -0.331 e. The lowest BCUT2D eigenvalue weighted by atomic mass is 10.3. The summed E-state index contributed by atoms with van der Waals surface area (Å²) in [5, 5.41) is 25.4. The van der Waals surface area contributed by atoms with Gasteiger partial charge in [-0.25, -0.2) is 15.2 Å². The maximum Gasteiger partial charge on any atom is 0.337 e. The van der Waals surface area contributed by atoms with Crippen molar-refractivity contribution < 1.29 is 9.72 Å². The first kappa shape index (κ1) is 19.0. The van der Waals surface area contributed by atoms with E-state index in [-0.39, 0.29) is 10.8 Å². The molecule has 0 aliphatic heterocycles. The molecular weight excluding hydrogens is 402 g/mol. The first-order chi connectivity index (χ1) is 13.4. The smallest absolute Gasteiger partial charge is 0.331 e. The Morgan fingerprint density at radius 2 is 1.86 bits per heavy atom. The molecule has 3 rings (SSSR count). The number of hydrazine groups is 1. The molecule has 2 aromatic carbocycles. The molecule has 0 bridgehead atoms. The number of anilines is 2. The van der Waals surface area contributed by atoms with Crippen molar-refractivity contribution >= 4 is 62.0 Å². The standard InChI is InChI=1S/C16H11N7O3S2/c17-8-14-20-12-6-3-10(7-13(12)28-14)18-15(24)21-22-16(27)19-9-1-4-11(5-2-9)23(25)26/h1-7H,(H2,18,21,24)(H2,19,22,27). The molecule has 4 N–H and O–H groups in total. The summed E-state index contributed by atoms with van der Waals surface area (Å²) in [6.45, 7) is 0. The number of amides is 2. The van der Waals surface area contributed by atoms with Crippen molar-refractivity contribution in [2.45, 2.75) is 0 Å². The first-order valence-corrected chi connectivity index (χ1v) is 8.86. The van der Waals surface area contributed by atoms with E-state index >= 15 is 0 Å². The number of hydrogen-bond donors (Lipinski definition) is 4. The van der Waals surface area contributed by atoms with E-state index in [1.807, 2.05) is 6.07 Å². The molecule has 0 atom stereocenters. The zero-order chi connectivity index (χ0) is 20.1. The summed E-state index contributed by atoms with van der Waals surface area (Å²) in [7, 11) is 0. The topological polar surface area (TPSA) is 145 Å². The quantitative estimate of drug-likeness (QED) is 0.291. The molecule has 0 radical (unpaired) electrons. The highest BCUT2D eigenvalue weighted by Gasteiger charge is 2.08. The Balaban J connectivity index is 1.51. The highest BCUT2D eigenvalue weighted by atomic mass is 32.1. The van der Waals surface area contributed by atoms with E-state index in [4.69, 9.17) is 17.5 Å². The van der Waals surface area contributed by atoms with Crippen LogP contribution in [0.25, 0.3) is 10.2 Å². The molecule has 2 amide bonds. The minimum atomic E-state index is -0.558. The molecule has 0 unspecified atom stereocenters. The van der Waals surface area contributed by atoms with Gasteiger partial charge in [-0.05, 0) is 42.5 Å². The lowest BCUT2D eigenvalue weighted by molar-refractivity contribution is -0.384. The van der Waals surface area contributed by atoms with Gasteiger partial charge in [-0.15, -0.1) is 11.3 Å². The molecule has 0 aliphatic carbocycles. The third-order valence-corrected chi connectivity index (χ3v) is 4.49. The Kier molecular flexibility index (Phi) is 5.58. The number of thiocarbonyl (C=S) groups is 1. The van der Waals surface area contributed by atoms with Crippen molar-refractivity contribution in [3.63, 3.8) is 0 Å². The van der Waals surface area contributed by atoms with Crippen molar-refractivity contribution in [1.82, 2.24) is 15.8 Å². The first-order valence-electron chi connectivity index (χ1n) is 7.64. The van der Waals surface area contributed by atoms with Gasteiger partial charge in [0, 0.05) is 23.5 Å². The Hall–Kier alpha value is -3.82. The Morgan fingerprint density at radius 3 is 2.54 bits per heavy atom. The zero-order valence-electron chi connectivity index (χ0n) is 13.9. The fourth-order valence-electron chi connectivity index (χ4n) is 2.15. The number of nitrogens with one attached hydrogen (secondary N) is 4. The van der Waals surface area contributed by atoms with Crippen LogP contribution in [-0.4, -0.2) is 21.1 Å². The van der Waals surface area contributed by atoms with Crippen LogP contribution in [0.1, 0.15) is 5.01 Å². The minimum absolute atomic E-state index is 0.0401. The summed E-state index contributed by atoms with van der Waals surface area (Å²) in [6.07, 6.45) is 0. The average molecular weight is 413 g/mol. The summed E-state index contributed by atoms with van der Waals surface area (Å²) in [5.41, 5.74) is 6.56. The van der Waals surface area contributed by atoms with Crippen LogP contribution in [0.15, 0.2) is 42.5 Å². The maximum absolute atomic E-state index is 12.0. The van der Waals surface area contributed by atoms with Gasteiger partial charge >= 0.3 is 6.03 Å². The Bertz CT molecular complexity index is 1110. The number of carbonyl (C=O) groups excluding carboxylic acids is 1. The van der Waals surface area contributed by atoms with Crippen LogP contribution in [0, 0.1) is 21.4 Å². The fourth-order valence-corrected chi connectivity index (χ4v) is 3.13. The highest BCUT2D eigenvalue weighted by molar-refractivity contribution is 7.80. The Morgan fingerprint density at radius 1 is 1.14 bits per heavy atom. The van der Waals surface area contributed by atoms with E-state index in [0.717, 1.165) is 4.70 Å². The van der Waals surface area contributed by atoms with Crippen LogP contribution in [0.2, 0.25) is 0 Å². The molecule has 0 spiro atoms. The largest absolute Gasteiger partial charge is 0.337 e. The number of nitro groups is 1. The normalized spacial score (nSPS) is 9.96. The Labute approximate surface area is 167 Å². The molecule has 10 nitrogen and oxygen atoms in total. The monoisotopic (exact) mass is 413 g/mol. The molecule has 12 heteroatoms. The van der Waals surface area contributed by atoms with Crippen molar-refractivity contribution in [2.24, 2.45) is 0 Å². The molecule has 3 aromatic rings. The number of rotatable bonds is 3. The van der Waals surface area contributed by atoms with Gasteiger partial charge in [-0.2, -0.15) is 5.26 Å². The summed E-state index contributed by atoms with van der Waals surface area (Å²) in [5.74, 6) is 0. The van der Waals surface area contributed by atoms with Gasteiger partial charge in [-0.1, -0.05) is 0 Å². The van der Waals surface area contributed by atoms with Gasteiger partial charge < -0.3 is 10.6 Å². The summed E-state index contributed by atoms with van der Waals surface area (Å²) >= 11 is 6.28. The van der Waals surface area contributed by atoms with Crippen LogP contribution in [0.4, 0.5) is 21.9 Å². The SMILES string of the molecule is N#Cc1nc2ccc(NC(=O)NNC(=S)Nc3ccc([N+](=O)[O-])cc3)cc2s1. The number of hydrogen-bond acceptors (Lipinski definition) is 7. The predicted octanol–water partition coefficient (Wildman–Crippen LogP) is 3.10. The second-order valence-corrected chi connectivity index (χ2v) is 6.71. The number of aromatic nitrogens is 1. The predicted molar refractivity (Wildman–Crippen MR) is 109 cm³/mol. The molecule has 0 saturated heterocycles. The number of nitriles is 1. The zero-order valence-corrected chi connectivity index (χ0v) is 15.6. The van der Waals surface area contributed by atoms with Crippen LogP contribution in [0.3, 0.4) is 0 Å². The number of nitrogens with zero attached hydrogens (tertiary/aromatic N) is 3. The maximum atomic E-state index is 12.0. The number of carbonyl (C=O) groups is 1. The van der Waals surface area contributed by atoms with Gasteiger partial charge in [0.2, 0.25) is 0 Å². The highest BCUT2D eigenvalue weighted by Crippen LogP contribution is 2.24. The number of benzene rings is 2. The number of nitro benzene ring substituents is 1. The van der Waals surface area contributed by atoms with Gasteiger partial charge in [0.1, 0.15) is 6.07 Å². The van der Waals surface area contributed by atoms with Crippen LogP contribution >= 0.6 is 23.6 Å². The number of fused-ring (bicyclic) bond motifs is 1. The lowest BCUT2D eigenvalue weighted by Gasteiger charge is -2.12. The second kappa shape index (κ2) is 8.25. The third kappa shape index (κ3) is 4.67. The molecule has 0 aliphatic rings. The van der Waals surface area contributed by atoms with Gasteiger partial charge in [0.25, 0.3) is 5.69 Å². The average Bonchev–Trinajstić information content (AvgIpc) is 3.09. The van der Waals surface area contributed by atoms with Crippen LogP contribution < -0.4 is 21.5 Å². The van der Waals surface area contributed by atoms with E-state index in [1.165, 1.54) is 35.6 Å². The van der Waals surface area contributed by atoms with E-state index in [0.29, 0.717) is 21.9 Å². The van der Waals surface area contributed by atoms with Crippen molar-refractivity contribution in [3.05, 3.63) is 57.6 Å². The molecule has 0 fully saturated rings. The summed E-state index contributed by atoms with van der Waals surface area (Å²) < 4.78 is 0.776. The molecule has 0 saturated carbocycles. The summed E-state index contributed by atoms with van der Waals surface area (Å²) in [4.78, 5) is 26.2. The molecule has 140 valence electrons. The molecular formula is C16H11N7O3S2. The van der Waals surface area contributed by atoms with Crippen LogP contribution in [-0.2, 0) is 0 Å². The summed E-state index contributed by atoms with van der Waals surface area (Å²) in [6, 6.07) is 12.1. The number of non-ortho nitro benzene ring substituents is 1. The second-order valence-electron chi connectivity index (χ2n) is 5.28. The van der Waals surface area contributed by atoms with E-state index < -0.39 is 11.0 Å². The van der Waals surface area contributed by atoms with E-state index in [2.05, 4.69) is 26.5 Å². The van der Waals surface area contributed by atoms with E-state index in [9.17, 15) is 14.9 Å². The van der Waals surface area contributed by atoms with Crippen molar-refractivity contribution in [2.75, 3.05) is 10.6 Å². The number of thiazole rings is 1. The van der Waals surface area contributed by atoms with Crippen molar-refractivity contribution in [1.29, 1.82) is 5.26 Å². The molecule has 1 aromatic heterocycles.